The van der Waals surface area contributed by atoms with E-state index in [0.29, 0.717) is 5.56 Å². The predicted molar refractivity (Wildman–Crippen MR) is 74.3 cm³/mol. The van der Waals surface area contributed by atoms with E-state index in [0.717, 1.165) is 31.7 Å². The molecule has 0 aromatic heterocycles. The molecule has 4 nitrogen and oxygen atoms in total. The Hall–Kier alpha value is -0.980. The number of nitrogens with one attached hydrogen (secondary N) is 1. The maximum absolute atomic E-state index is 13.2. The summed E-state index contributed by atoms with van der Waals surface area (Å²) in [5.74, 6) is -0.424. The van der Waals surface area contributed by atoms with Crippen molar-refractivity contribution in [2.45, 2.75) is 37.5 Å². The van der Waals surface area contributed by atoms with Gasteiger partial charge in [-0.15, -0.1) is 0 Å². The Morgan fingerprint density at radius 2 is 2.00 bits per heavy atom. The summed E-state index contributed by atoms with van der Waals surface area (Å²) in [6, 6.07) is 3.73. The van der Waals surface area contributed by atoms with Crippen LogP contribution in [0, 0.1) is 18.2 Å². The van der Waals surface area contributed by atoms with Crippen LogP contribution in [0.15, 0.2) is 23.1 Å². The van der Waals surface area contributed by atoms with Crippen LogP contribution in [0.2, 0.25) is 0 Å². The molecule has 0 radical (unpaired) electrons. The van der Waals surface area contributed by atoms with E-state index in [9.17, 15) is 17.9 Å². The van der Waals surface area contributed by atoms with Gasteiger partial charge in [0.05, 0.1) is 4.90 Å². The first-order valence-corrected chi connectivity index (χ1v) is 8.24. The van der Waals surface area contributed by atoms with Gasteiger partial charge in [0.1, 0.15) is 5.82 Å². The quantitative estimate of drug-likeness (QED) is 0.874. The second kappa shape index (κ2) is 5.79. The fourth-order valence-electron chi connectivity index (χ4n) is 2.63. The van der Waals surface area contributed by atoms with Gasteiger partial charge in [-0.1, -0.05) is 12.8 Å². The Morgan fingerprint density at radius 1 is 1.35 bits per heavy atom. The lowest BCUT2D eigenvalue weighted by Gasteiger charge is -2.26. The molecule has 2 rings (SSSR count). The van der Waals surface area contributed by atoms with Crippen LogP contribution in [0.1, 0.15) is 31.2 Å². The van der Waals surface area contributed by atoms with Gasteiger partial charge in [0, 0.05) is 18.6 Å². The van der Waals surface area contributed by atoms with Crippen molar-refractivity contribution in [1.29, 1.82) is 0 Å². The summed E-state index contributed by atoms with van der Waals surface area (Å²) in [6.07, 6.45) is 3.68. The summed E-state index contributed by atoms with van der Waals surface area (Å²) in [6.45, 7) is 1.74. The summed E-state index contributed by atoms with van der Waals surface area (Å²) in [4.78, 5) is 0.0579. The molecule has 0 spiro atoms. The first-order chi connectivity index (χ1) is 9.38. The normalized spacial score (nSPS) is 18.4. The van der Waals surface area contributed by atoms with Crippen molar-refractivity contribution in [3.8, 4) is 0 Å². The summed E-state index contributed by atoms with van der Waals surface area (Å²) >= 11 is 0. The molecule has 0 amide bonds. The molecular weight excluding hydrogens is 281 g/mol. The van der Waals surface area contributed by atoms with E-state index in [1.165, 1.54) is 19.1 Å². The van der Waals surface area contributed by atoms with Crippen LogP contribution >= 0.6 is 0 Å². The predicted octanol–water partition coefficient (Wildman–Crippen LogP) is 1.97. The van der Waals surface area contributed by atoms with Crippen LogP contribution in [-0.4, -0.2) is 26.7 Å². The summed E-state index contributed by atoms with van der Waals surface area (Å²) < 4.78 is 40.1. The number of hydrogen-bond donors (Lipinski definition) is 2. The van der Waals surface area contributed by atoms with E-state index in [1.54, 1.807) is 0 Å². The molecule has 1 aromatic rings. The van der Waals surface area contributed by atoms with Crippen molar-refractivity contribution in [3.05, 3.63) is 29.6 Å². The molecule has 0 saturated heterocycles. The lowest BCUT2D eigenvalue weighted by atomic mass is 9.88. The molecule has 1 aliphatic carbocycles. The third kappa shape index (κ3) is 3.19. The highest BCUT2D eigenvalue weighted by Crippen LogP contribution is 2.37. The minimum Gasteiger partial charge on any atom is -0.396 e. The maximum Gasteiger partial charge on any atom is 0.240 e. The van der Waals surface area contributed by atoms with Crippen molar-refractivity contribution in [2.75, 3.05) is 13.2 Å². The number of rotatable bonds is 5. The largest absolute Gasteiger partial charge is 0.396 e. The molecule has 1 saturated carbocycles. The summed E-state index contributed by atoms with van der Waals surface area (Å²) in [5, 5.41) is 9.48. The van der Waals surface area contributed by atoms with Crippen LogP contribution in [0.25, 0.3) is 0 Å². The van der Waals surface area contributed by atoms with Gasteiger partial charge >= 0.3 is 0 Å². The number of aliphatic hydroxyl groups excluding tert-OH is 1. The smallest absolute Gasteiger partial charge is 0.240 e. The van der Waals surface area contributed by atoms with Crippen molar-refractivity contribution in [1.82, 2.24) is 4.72 Å². The highest BCUT2D eigenvalue weighted by molar-refractivity contribution is 7.89. The summed E-state index contributed by atoms with van der Waals surface area (Å²) in [5.41, 5.74) is -0.0482. The van der Waals surface area contributed by atoms with Gasteiger partial charge in [0.2, 0.25) is 10.0 Å². The lowest BCUT2D eigenvalue weighted by molar-refractivity contribution is 0.134. The molecule has 0 heterocycles. The number of hydrogen-bond acceptors (Lipinski definition) is 3. The fourth-order valence-corrected chi connectivity index (χ4v) is 3.87. The number of aliphatic hydroxyl groups is 1. The molecule has 2 N–H and O–H groups in total. The van der Waals surface area contributed by atoms with E-state index in [4.69, 9.17) is 0 Å². The fraction of sp³-hybridized carbons (Fsp3) is 0.571. The highest BCUT2D eigenvalue weighted by atomic mass is 32.2. The standard InChI is InChI=1S/C14H20FNO3S/c1-11-8-12(4-5-13(11)15)20(18,19)16-9-14(10-17)6-2-3-7-14/h4-5,8,16-17H,2-3,6-7,9-10H2,1H3. The number of aryl methyl sites for hydroxylation is 1. The first kappa shape index (κ1) is 15.4. The molecule has 112 valence electrons. The zero-order valence-corrected chi connectivity index (χ0v) is 12.3. The van der Waals surface area contributed by atoms with E-state index in [1.807, 2.05) is 0 Å². The molecule has 1 aliphatic rings. The van der Waals surface area contributed by atoms with Crippen molar-refractivity contribution in [2.24, 2.45) is 5.41 Å². The van der Waals surface area contributed by atoms with Crippen LogP contribution in [0.5, 0.6) is 0 Å². The van der Waals surface area contributed by atoms with E-state index >= 15 is 0 Å². The lowest BCUT2D eigenvalue weighted by Crippen LogP contribution is -2.38. The number of sulfonamides is 1. The van der Waals surface area contributed by atoms with Crippen molar-refractivity contribution >= 4 is 10.0 Å². The molecule has 1 aromatic carbocycles. The first-order valence-electron chi connectivity index (χ1n) is 6.75. The molecule has 6 heteroatoms. The number of benzene rings is 1. The monoisotopic (exact) mass is 301 g/mol. The van der Waals surface area contributed by atoms with Crippen molar-refractivity contribution < 1.29 is 17.9 Å². The van der Waals surface area contributed by atoms with Gasteiger partial charge in [-0.2, -0.15) is 0 Å². The van der Waals surface area contributed by atoms with Crippen LogP contribution in [-0.2, 0) is 10.0 Å². The second-order valence-electron chi connectivity index (χ2n) is 5.60. The van der Waals surface area contributed by atoms with Gasteiger partial charge in [-0.3, -0.25) is 0 Å². The van der Waals surface area contributed by atoms with Gasteiger partial charge in [-0.25, -0.2) is 17.5 Å². The molecule has 0 aliphatic heterocycles. The molecule has 0 unspecified atom stereocenters. The molecule has 0 atom stereocenters. The average molecular weight is 301 g/mol. The second-order valence-corrected chi connectivity index (χ2v) is 7.37. The van der Waals surface area contributed by atoms with Crippen LogP contribution in [0.4, 0.5) is 4.39 Å². The van der Waals surface area contributed by atoms with E-state index in [2.05, 4.69) is 4.72 Å². The summed E-state index contributed by atoms with van der Waals surface area (Å²) in [7, 11) is -3.66. The van der Waals surface area contributed by atoms with E-state index < -0.39 is 15.8 Å². The van der Waals surface area contributed by atoms with Crippen LogP contribution < -0.4 is 4.72 Å². The van der Waals surface area contributed by atoms with Gasteiger partial charge in [0.25, 0.3) is 0 Å². The van der Waals surface area contributed by atoms with Crippen LogP contribution in [0.3, 0.4) is 0 Å². The Labute approximate surface area is 119 Å². The van der Waals surface area contributed by atoms with Gasteiger partial charge < -0.3 is 5.11 Å². The van der Waals surface area contributed by atoms with E-state index in [-0.39, 0.29) is 23.5 Å². The zero-order chi connectivity index (χ0) is 14.8. The molecule has 20 heavy (non-hydrogen) atoms. The third-order valence-electron chi connectivity index (χ3n) is 4.08. The Balaban J connectivity index is 2.13. The number of halogens is 1. The maximum atomic E-state index is 13.2. The molecule has 0 bridgehead atoms. The zero-order valence-electron chi connectivity index (χ0n) is 11.5. The molecular formula is C14H20FNO3S. The highest BCUT2D eigenvalue weighted by Gasteiger charge is 2.34. The van der Waals surface area contributed by atoms with Gasteiger partial charge in [-0.05, 0) is 43.5 Å². The Morgan fingerprint density at radius 3 is 2.55 bits per heavy atom. The van der Waals surface area contributed by atoms with Gasteiger partial charge in [0.15, 0.2) is 0 Å². The minimum absolute atomic E-state index is 0.0159. The van der Waals surface area contributed by atoms with Crippen molar-refractivity contribution in [3.63, 3.8) is 0 Å². The SMILES string of the molecule is Cc1cc(S(=O)(=O)NCC2(CO)CCCC2)ccc1F. The minimum atomic E-state index is -3.66. The average Bonchev–Trinajstić information content (AvgIpc) is 2.89. The Kier molecular flexibility index (Phi) is 4.46. The third-order valence-corrected chi connectivity index (χ3v) is 5.48. The molecule has 1 fully saturated rings. The topological polar surface area (TPSA) is 66.4 Å². The Bertz CT molecular complexity index is 580.